The van der Waals surface area contributed by atoms with Crippen molar-refractivity contribution in [3.8, 4) is 0 Å². The van der Waals surface area contributed by atoms with Crippen molar-refractivity contribution in [2.75, 3.05) is 18.0 Å². The van der Waals surface area contributed by atoms with Crippen LogP contribution in [0.25, 0.3) is 0 Å². The van der Waals surface area contributed by atoms with Crippen LogP contribution in [0.2, 0.25) is 0 Å². The van der Waals surface area contributed by atoms with Crippen LogP contribution in [0, 0.1) is 24.4 Å². The molecule has 2 aromatic rings. The first kappa shape index (κ1) is 20.5. The maximum Gasteiger partial charge on any atom is 0.254 e. The Balaban J connectivity index is 2.13. The fraction of sp³-hybridized carbons (Fsp3) is 0.300. The molecule has 4 nitrogen and oxygen atoms in total. The van der Waals surface area contributed by atoms with Gasteiger partial charge in [0.2, 0.25) is 5.91 Å². The number of benzene rings is 2. The highest BCUT2D eigenvalue weighted by Crippen LogP contribution is 2.25. The average molecular weight is 378 g/mol. The van der Waals surface area contributed by atoms with Crippen LogP contribution < -0.4 is 10.2 Å². The van der Waals surface area contributed by atoms with Gasteiger partial charge in [-0.2, -0.15) is 0 Å². The van der Waals surface area contributed by atoms with Gasteiger partial charge < -0.3 is 10.2 Å². The third-order valence-electron chi connectivity index (χ3n) is 4.25. The molecule has 0 saturated carbocycles. The molecule has 2 aromatic carbocycles. The fourth-order valence-corrected chi connectivity index (χ4v) is 2.90. The summed E-state index contributed by atoms with van der Waals surface area (Å²) in [6, 6.07) is 7.29. The number of halogens is 3. The summed E-state index contributed by atoms with van der Waals surface area (Å²) in [4.78, 5) is 25.7. The number of hydrogen-bond donors (Lipinski definition) is 1. The SMILES string of the molecule is CCc1cccc(C)c1N(CCNC(=O)c1ccc(F)c(F)c1F)C(C)=O. The van der Waals surface area contributed by atoms with Crippen LogP contribution in [-0.4, -0.2) is 24.9 Å². The summed E-state index contributed by atoms with van der Waals surface area (Å²) in [5, 5.41) is 2.44. The molecule has 0 fully saturated rings. The van der Waals surface area contributed by atoms with Crippen LogP contribution in [0.3, 0.4) is 0 Å². The van der Waals surface area contributed by atoms with Crippen molar-refractivity contribution in [2.24, 2.45) is 0 Å². The molecule has 7 heteroatoms. The predicted molar refractivity (Wildman–Crippen MR) is 97.2 cm³/mol. The number of hydrogen-bond acceptors (Lipinski definition) is 2. The van der Waals surface area contributed by atoms with Gasteiger partial charge in [-0.1, -0.05) is 25.1 Å². The highest BCUT2D eigenvalue weighted by Gasteiger charge is 2.20. The van der Waals surface area contributed by atoms with Crippen LogP contribution in [0.4, 0.5) is 18.9 Å². The highest BCUT2D eigenvalue weighted by molar-refractivity contribution is 5.95. The van der Waals surface area contributed by atoms with Crippen LogP contribution >= 0.6 is 0 Å². The van der Waals surface area contributed by atoms with Gasteiger partial charge in [0.1, 0.15) is 0 Å². The number of para-hydroxylation sites is 1. The normalized spacial score (nSPS) is 10.6. The zero-order valence-corrected chi connectivity index (χ0v) is 15.4. The molecule has 0 spiro atoms. The second kappa shape index (κ2) is 8.70. The molecular formula is C20H21F3N2O2. The molecular weight excluding hydrogens is 357 g/mol. The van der Waals surface area contributed by atoms with Gasteiger partial charge in [0, 0.05) is 25.7 Å². The molecule has 0 radical (unpaired) electrons. The Bertz CT molecular complexity index is 869. The summed E-state index contributed by atoms with van der Waals surface area (Å²) in [5.74, 6) is -5.68. The minimum atomic E-state index is -1.69. The topological polar surface area (TPSA) is 49.4 Å². The number of anilines is 1. The van der Waals surface area contributed by atoms with E-state index in [0.717, 1.165) is 29.3 Å². The molecule has 27 heavy (non-hydrogen) atoms. The van der Waals surface area contributed by atoms with Crippen molar-refractivity contribution in [2.45, 2.75) is 27.2 Å². The second-order valence-corrected chi connectivity index (χ2v) is 6.09. The van der Waals surface area contributed by atoms with Crippen molar-refractivity contribution >= 4 is 17.5 Å². The van der Waals surface area contributed by atoms with Gasteiger partial charge in [-0.15, -0.1) is 0 Å². The lowest BCUT2D eigenvalue weighted by molar-refractivity contribution is -0.116. The zero-order chi connectivity index (χ0) is 20.1. The second-order valence-electron chi connectivity index (χ2n) is 6.09. The molecule has 0 heterocycles. The lowest BCUT2D eigenvalue weighted by Crippen LogP contribution is -2.38. The van der Waals surface area contributed by atoms with E-state index in [-0.39, 0.29) is 19.0 Å². The first-order valence-electron chi connectivity index (χ1n) is 8.56. The molecule has 2 rings (SSSR count). The Morgan fingerprint density at radius 1 is 1.07 bits per heavy atom. The van der Waals surface area contributed by atoms with Crippen molar-refractivity contribution in [1.29, 1.82) is 0 Å². The molecule has 0 aliphatic heterocycles. The van der Waals surface area contributed by atoms with Gasteiger partial charge in [0.05, 0.1) is 5.56 Å². The summed E-state index contributed by atoms with van der Waals surface area (Å²) in [5.41, 5.74) is 2.10. The quantitative estimate of drug-likeness (QED) is 0.778. The number of carbonyl (C=O) groups is 2. The van der Waals surface area contributed by atoms with Crippen LogP contribution in [-0.2, 0) is 11.2 Å². The molecule has 0 aromatic heterocycles. The lowest BCUT2D eigenvalue weighted by atomic mass is 10.0. The van der Waals surface area contributed by atoms with Gasteiger partial charge >= 0.3 is 0 Å². The first-order chi connectivity index (χ1) is 12.8. The maximum absolute atomic E-state index is 13.7. The van der Waals surface area contributed by atoms with Crippen molar-refractivity contribution in [3.05, 3.63) is 64.5 Å². The van der Waals surface area contributed by atoms with E-state index in [1.165, 1.54) is 11.8 Å². The van der Waals surface area contributed by atoms with Gasteiger partial charge in [0.15, 0.2) is 17.5 Å². The van der Waals surface area contributed by atoms with Gasteiger partial charge in [-0.25, -0.2) is 13.2 Å². The number of carbonyl (C=O) groups excluding carboxylic acids is 2. The number of nitrogens with one attached hydrogen (secondary N) is 1. The van der Waals surface area contributed by atoms with E-state index >= 15 is 0 Å². The van der Waals surface area contributed by atoms with Crippen LogP contribution in [0.15, 0.2) is 30.3 Å². The molecule has 0 unspecified atom stereocenters. The van der Waals surface area contributed by atoms with E-state index in [9.17, 15) is 22.8 Å². The van der Waals surface area contributed by atoms with E-state index in [1.54, 1.807) is 0 Å². The van der Waals surface area contributed by atoms with E-state index in [1.807, 2.05) is 32.0 Å². The van der Waals surface area contributed by atoms with Crippen LogP contribution in [0.5, 0.6) is 0 Å². The number of aryl methyl sites for hydroxylation is 2. The summed E-state index contributed by atoms with van der Waals surface area (Å²) >= 11 is 0. The standard InChI is InChI=1S/C20H21F3N2O2/c1-4-14-7-5-6-12(2)19(14)25(13(3)26)11-10-24-20(27)15-8-9-16(21)18(23)17(15)22/h5-9H,4,10-11H2,1-3H3,(H,24,27). The molecule has 144 valence electrons. The predicted octanol–water partition coefficient (Wildman–Crippen LogP) is 3.76. The van der Waals surface area contributed by atoms with Crippen molar-refractivity contribution < 1.29 is 22.8 Å². The van der Waals surface area contributed by atoms with E-state index in [0.29, 0.717) is 6.07 Å². The summed E-state index contributed by atoms with van der Waals surface area (Å²) in [6.45, 7) is 5.46. The lowest BCUT2D eigenvalue weighted by Gasteiger charge is -2.26. The largest absolute Gasteiger partial charge is 0.350 e. The zero-order valence-electron chi connectivity index (χ0n) is 15.4. The molecule has 1 N–H and O–H groups in total. The highest BCUT2D eigenvalue weighted by atomic mass is 19.2. The Morgan fingerprint density at radius 2 is 1.78 bits per heavy atom. The number of amides is 2. The maximum atomic E-state index is 13.7. The van der Waals surface area contributed by atoms with Crippen molar-refractivity contribution in [3.63, 3.8) is 0 Å². The Labute approximate surface area is 156 Å². The molecule has 0 atom stereocenters. The molecule has 0 aliphatic rings. The minimum absolute atomic E-state index is 0.0222. The average Bonchev–Trinajstić information content (AvgIpc) is 2.63. The summed E-state index contributed by atoms with van der Waals surface area (Å²) in [6.07, 6.45) is 0.729. The van der Waals surface area contributed by atoms with E-state index in [2.05, 4.69) is 5.32 Å². The monoisotopic (exact) mass is 378 g/mol. The van der Waals surface area contributed by atoms with E-state index in [4.69, 9.17) is 0 Å². The first-order valence-corrected chi connectivity index (χ1v) is 8.56. The molecule has 0 saturated heterocycles. The molecule has 0 bridgehead atoms. The van der Waals surface area contributed by atoms with Gasteiger partial charge in [-0.05, 0) is 36.6 Å². The minimum Gasteiger partial charge on any atom is -0.350 e. The molecule has 2 amide bonds. The summed E-state index contributed by atoms with van der Waals surface area (Å²) in [7, 11) is 0. The third-order valence-corrected chi connectivity index (χ3v) is 4.25. The van der Waals surface area contributed by atoms with Gasteiger partial charge in [-0.3, -0.25) is 9.59 Å². The smallest absolute Gasteiger partial charge is 0.254 e. The Morgan fingerprint density at radius 3 is 2.41 bits per heavy atom. The van der Waals surface area contributed by atoms with Gasteiger partial charge in [0.25, 0.3) is 5.91 Å². The molecule has 0 aliphatic carbocycles. The number of nitrogens with zero attached hydrogens (tertiary/aromatic N) is 1. The Kier molecular flexibility index (Phi) is 6.60. The van der Waals surface area contributed by atoms with E-state index < -0.39 is 28.9 Å². The fourth-order valence-electron chi connectivity index (χ4n) is 2.90. The third kappa shape index (κ3) is 4.48. The summed E-state index contributed by atoms with van der Waals surface area (Å²) < 4.78 is 40.0. The van der Waals surface area contributed by atoms with Crippen LogP contribution in [0.1, 0.15) is 35.3 Å². The Hall–Kier alpha value is -2.83. The number of rotatable bonds is 6. The van der Waals surface area contributed by atoms with Crippen molar-refractivity contribution in [1.82, 2.24) is 5.32 Å².